The van der Waals surface area contributed by atoms with Gasteiger partial charge in [-0.1, -0.05) is 6.07 Å². The number of rotatable bonds is 2. The van der Waals surface area contributed by atoms with Crippen molar-refractivity contribution in [1.82, 2.24) is 9.78 Å². The van der Waals surface area contributed by atoms with Gasteiger partial charge in [-0.2, -0.15) is 5.10 Å². The van der Waals surface area contributed by atoms with Gasteiger partial charge in [-0.15, -0.1) is 0 Å². The highest BCUT2D eigenvalue weighted by Gasteiger charge is 2.11. The molecule has 0 saturated carbocycles. The Balaban J connectivity index is 2.37. The molecule has 2 rings (SSSR count). The summed E-state index contributed by atoms with van der Waals surface area (Å²) in [6.45, 7) is 0.0463. The fourth-order valence-corrected chi connectivity index (χ4v) is 2.45. The second-order valence-corrected chi connectivity index (χ2v) is 4.77. The van der Waals surface area contributed by atoms with Crippen LogP contribution in [0.3, 0.4) is 0 Å². The van der Waals surface area contributed by atoms with Crippen LogP contribution in [-0.4, -0.2) is 9.78 Å². The van der Waals surface area contributed by atoms with Gasteiger partial charge in [0.15, 0.2) is 0 Å². The summed E-state index contributed by atoms with van der Waals surface area (Å²) >= 11 is 6.43. The van der Waals surface area contributed by atoms with Crippen LogP contribution in [-0.2, 0) is 6.54 Å². The Kier molecular flexibility index (Phi) is 3.39. The molecule has 16 heavy (non-hydrogen) atoms. The maximum Gasteiger partial charge on any atom is 0.131 e. The lowest BCUT2D eigenvalue weighted by Gasteiger charge is -2.05. The number of benzene rings is 1. The van der Waals surface area contributed by atoms with Gasteiger partial charge in [0.2, 0.25) is 0 Å². The van der Waals surface area contributed by atoms with E-state index in [1.807, 2.05) is 0 Å². The summed E-state index contributed by atoms with van der Waals surface area (Å²) in [4.78, 5) is 0. The number of aromatic nitrogens is 2. The highest BCUT2D eigenvalue weighted by molar-refractivity contribution is 9.11. The maximum atomic E-state index is 13.4. The van der Waals surface area contributed by atoms with Crippen molar-refractivity contribution in [2.45, 2.75) is 6.54 Å². The van der Waals surface area contributed by atoms with Crippen LogP contribution in [0.25, 0.3) is 0 Å². The van der Waals surface area contributed by atoms with E-state index in [1.165, 1.54) is 22.9 Å². The molecule has 0 radical (unpaired) electrons. The van der Waals surface area contributed by atoms with Crippen LogP contribution in [0.5, 0.6) is 0 Å². The van der Waals surface area contributed by atoms with E-state index < -0.39 is 11.6 Å². The average molecular weight is 352 g/mol. The minimum atomic E-state index is -0.571. The van der Waals surface area contributed by atoms with E-state index >= 15 is 0 Å². The van der Waals surface area contributed by atoms with Crippen molar-refractivity contribution in [3.8, 4) is 0 Å². The van der Waals surface area contributed by atoms with Crippen molar-refractivity contribution in [2.75, 3.05) is 0 Å². The number of halogens is 4. The summed E-state index contributed by atoms with van der Waals surface area (Å²) in [6, 6.07) is 5.50. The van der Waals surface area contributed by atoms with E-state index in [2.05, 4.69) is 37.0 Å². The molecule has 2 aromatic rings. The lowest BCUT2D eigenvalue weighted by atomic mass is 10.2. The van der Waals surface area contributed by atoms with E-state index in [9.17, 15) is 8.78 Å². The van der Waals surface area contributed by atoms with Gasteiger partial charge in [-0.05, 0) is 44.0 Å². The second-order valence-electron chi connectivity index (χ2n) is 3.15. The van der Waals surface area contributed by atoms with Crippen molar-refractivity contribution in [3.05, 3.63) is 50.7 Å². The number of hydrogen-bond donors (Lipinski definition) is 0. The molecule has 1 heterocycles. The maximum absolute atomic E-state index is 13.4. The molecule has 0 spiro atoms. The number of nitrogens with zero attached hydrogens (tertiary/aromatic N) is 2. The monoisotopic (exact) mass is 350 g/mol. The molecule has 84 valence electrons. The van der Waals surface area contributed by atoms with E-state index in [1.54, 1.807) is 6.07 Å². The quantitative estimate of drug-likeness (QED) is 0.806. The summed E-state index contributed by atoms with van der Waals surface area (Å²) in [7, 11) is 0. The predicted molar refractivity (Wildman–Crippen MR) is 63.1 cm³/mol. The van der Waals surface area contributed by atoms with Crippen molar-refractivity contribution in [3.63, 3.8) is 0 Å². The fraction of sp³-hybridized carbons (Fsp3) is 0.100. The van der Waals surface area contributed by atoms with E-state index in [0.717, 1.165) is 0 Å². The van der Waals surface area contributed by atoms with Gasteiger partial charge in [0.05, 0.1) is 6.54 Å². The molecular formula is C10H6Br2F2N2. The molecule has 0 unspecified atom stereocenters. The number of hydrogen-bond acceptors (Lipinski definition) is 1. The van der Waals surface area contributed by atoms with Crippen molar-refractivity contribution < 1.29 is 8.78 Å². The van der Waals surface area contributed by atoms with Crippen LogP contribution >= 0.6 is 31.9 Å². The van der Waals surface area contributed by atoms with Crippen LogP contribution in [0.1, 0.15) is 5.56 Å². The van der Waals surface area contributed by atoms with Gasteiger partial charge < -0.3 is 0 Å². The molecule has 0 aliphatic heterocycles. The van der Waals surface area contributed by atoms with E-state index in [0.29, 0.717) is 9.21 Å². The Morgan fingerprint density at radius 2 is 1.81 bits per heavy atom. The zero-order chi connectivity index (χ0) is 11.7. The summed E-state index contributed by atoms with van der Waals surface area (Å²) in [5.41, 5.74) is -0.00111. The molecule has 1 aromatic heterocycles. The SMILES string of the molecule is Fc1cccc(F)c1Cn1nc(Br)cc1Br. The van der Waals surface area contributed by atoms with Crippen molar-refractivity contribution in [1.29, 1.82) is 0 Å². The third-order valence-corrected chi connectivity index (χ3v) is 3.10. The third kappa shape index (κ3) is 2.32. The second kappa shape index (κ2) is 4.63. The first-order valence-electron chi connectivity index (χ1n) is 4.39. The fourth-order valence-electron chi connectivity index (χ4n) is 1.31. The van der Waals surface area contributed by atoms with Gasteiger partial charge in [0.25, 0.3) is 0 Å². The molecule has 0 aliphatic rings. The molecule has 6 heteroatoms. The minimum Gasteiger partial charge on any atom is -0.253 e. The predicted octanol–water partition coefficient (Wildman–Crippen LogP) is 3.73. The van der Waals surface area contributed by atoms with Crippen LogP contribution in [0.4, 0.5) is 8.78 Å². The van der Waals surface area contributed by atoms with Crippen LogP contribution in [0.15, 0.2) is 33.5 Å². The molecule has 0 aliphatic carbocycles. The van der Waals surface area contributed by atoms with Crippen LogP contribution < -0.4 is 0 Å². The molecule has 0 bridgehead atoms. The minimum absolute atomic E-state index is 0.00111. The van der Waals surface area contributed by atoms with Gasteiger partial charge in [-0.3, -0.25) is 4.68 Å². The first-order chi connectivity index (χ1) is 7.58. The van der Waals surface area contributed by atoms with E-state index in [4.69, 9.17) is 0 Å². The third-order valence-electron chi connectivity index (χ3n) is 2.07. The molecule has 0 saturated heterocycles. The lowest BCUT2D eigenvalue weighted by molar-refractivity contribution is 0.529. The summed E-state index contributed by atoms with van der Waals surface area (Å²) < 4.78 is 29.5. The van der Waals surface area contributed by atoms with Crippen LogP contribution in [0.2, 0.25) is 0 Å². The zero-order valence-electron chi connectivity index (χ0n) is 7.92. The largest absolute Gasteiger partial charge is 0.253 e. The molecule has 0 fully saturated rings. The highest BCUT2D eigenvalue weighted by atomic mass is 79.9. The average Bonchev–Trinajstić information content (AvgIpc) is 2.51. The standard InChI is InChI=1S/C10H6Br2F2N2/c11-9-4-10(12)16(15-9)5-6-7(13)2-1-3-8(6)14/h1-4H,5H2. The van der Waals surface area contributed by atoms with Crippen molar-refractivity contribution >= 4 is 31.9 Å². The summed E-state index contributed by atoms with van der Waals surface area (Å²) in [5, 5.41) is 4.04. The molecule has 1 aromatic carbocycles. The first-order valence-corrected chi connectivity index (χ1v) is 5.98. The van der Waals surface area contributed by atoms with Gasteiger partial charge in [-0.25, -0.2) is 8.78 Å². The highest BCUT2D eigenvalue weighted by Crippen LogP contribution is 2.20. The van der Waals surface area contributed by atoms with Crippen LogP contribution in [0, 0.1) is 11.6 Å². The Morgan fingerprint density at radius 3 is 2.31 bits per heavy atom. The zero-order valence-corrected chi connectivity index (χ0v) is 11.1. The molecule has 0 N–H and O–H groups in total. The van der Waals surface area contributed by atoms with Gasteiger partial charge in [0.1, 0.15) is 20.8 Å². The van der Waals surface area contributed by atoms with Gasteiger partial charge in [0, 0.05) is 11.6 Å². The molecule has 0 atom stereocenters. The summed E-state index contributed by atoms with van der Waals surface area (Å²) in [6.07, 6.45) is 0. The first kappa shape index (κ1) is 11.7. The smallest absolute Gasteiger partial charge is 0.131 e. The molecule has 2 nitrogen and oxygen atoms in total. The molecule has 0 amide bonds. The Morgan fingerprint density at radius 1 is 1.19 bits per heavy atom. The Hall–Kier alpha value is -0.750. The normalized spacial score (nSPS) is 10.8. The van der Waals surface area contributed by atoms with Gasteiger partial charge >= 0.3 is 0 Å². The summed E-state index contributed by atoms with van der Waals surface area (Å²) in [5.74, 6) is -1.14. The van der Waals surface area contributed by atoms with Crippen molar-refractivity contribution in [2.24, 2.45) is 0 Å². The van der Waals surface area contributed by atoms with E-state index in [-0.39, 0.29) is 12.1 Å². The topological polar surface area (TPSA) is 17.8 Å². The molecular weight excluding hydrogens is 346 g/mol. The Bertz CT molecular complexity index is 505. The Labute approximate surface area is 108 Å². The lowest BCUT2D eigenvalue weighted by Crippen LogP contribution is -2.06.